The summed E-state index contributed by atoms with van der Waals surface area (Å²) < 4.78 is 16.1. The van der Waals surface area contributed by atoms with Gasteiger partial charge in [0.25, 0.3) is 0 Å². The molecule has 0 radical (unpaired) electrons. The van der Waals surface area contributed by atoms with Crippen LogP contribution in [0.25, 0.3) is 22.5 Å². The van der Waals surface area contributed by atoms with Crippen molar-refractivity contribution in [2.45, 2.75) is 0 Å². The van der Waals surface area contributed by atoms with E-state index in [2.05, 4.69) is 15.0 Å². The van der Waals surface area contributed by atoms with Gasteiger partial charge in [0, 0.05) is 23.5 Å². The molecule has 0 aliphatic carbocycles. The van der Waals surface area contributed by atoms with Gasteiger partial charge in [0.15, 0.2) is 11.5 Å². The van der Waals surface area contributed by atoms with Gasteiger partial charge >= 0.3 is 0 Å². The van der Waals surface area contributed by atoms with Crippen LogP contribution in [0.2, 0.25) is 0 Å². The topological polar surface area (TPSA) is 92.4 Å². The van der Waals surface area contributed by atoms with E-state index in [1.165, 1.54) is 0 Å². The molecule has 2 heterocycles. The number of rotatable bonds is 5. The maximum atomic E-state index is 5.91. The van der Waals surface area contributed by atoms with E-state index < -0.39 is 0 Å². The third kappa shape index (κ3) is 3.30. The molecular weight excluding hydrogens is 320 g/mol. The van der Waals surface area contributed by atoms with Crippen LogP contribution in [0.15, 0.2) is 42.7 Å². The van der Waals surface area contributed by atoms with E-state index in [0.717, 1.165) is 11.1 Å². The first kappa shape index (κ1) is 16.5. The molecule has 3 rings (SSSR count). The molecule has 7 nitrogen and oxygen atoms in total. The van der Waals surface area contributed by atoms with Crippen molar-refractivity contribution >= 4 is 5.95 Å². The van der Waals surface area contributed by atoms with Crippen molar-refractivity contribution in [2.24, 2.45) is 0 Å². The first-order chi connectivity index (χ1) is 12.2. The third-order valence-electron chi connectivity index (χ3n) is 3.68. The molecule has 25 heavy (non-hydrogen) atoms. The minimum Gasteiger partial charge on any atom is -0.493 e. The number of methoxy groups -OCH3 is 3. The smallest absolute Gasteiger partial charge is 0.221 e. The van der Waals surface area contributed by atoms with E-state index in [-0.39, 0.29) is 5.95 Å². The number of nitrogen functional groups attached to an aromatic ring is 1. The van der Waals surface area contributed by atoms with Crippen LogP contribution in [0.1, 0.15) is 0 Å². The molecule has 7 heteroatoms. The van der Waals surface area contributed by atoms with Crippen LogP contribution in [-0.4, -0.2) is 36.3 Å². The lowest BCUT2D eigenvalue weighted by Gasteiger charge is -2.14. The fourth-order valence-electron chi connectivity index (χ4n) is 2.51. The molecule has 3 aromatic rings. The molecule has 2 aromatic heterocycles. The molecular formula is C18H18N4O3. The Morgan fingerprint density at radius 1 is 0.760 bits per heavy atom. The van der Waals surface area contributed by atoms with Gasteiger partial charge in [0.2, 0.25) is 11.7 Å². The summed E-state index contributed by atoms with van der Waals surface area (Å²) in [6.07, 6.45) is 3.40. The predicted molar refractivity (Wildman–Crippen MR) is 94.8 cm³/mol. The Kier molecular flexibility index (Phi) is 4.65. The van der Waals surface area contributed by atoms with Crippen LogP contribution in [0.4, 0.5) is 5.95 Å². The molecule has 0 unspecified atom stereocenters. The van der Waals surface area contributed by atoms with Gasteiger partial charge in [-0.25, -0.2) is 9.97 Å². The number of nitrogens with two attached hydrogens (primary N) is 1. The van der Waals surface area contributed by atoms with Gasteiger partial charge in [-0.3, -0.25) is 4.98 Å². The lowest BCUT2D eigenvalue weighted by Crippen LogP contribution is -2.00. The Balaban J connectivity index is 2.15. The SMILES string of the molecule is COc1cc(-c2cc(-c3ccncc3)nc(N)n2)cc(OC)c1OC. The highest BCUT2D eigenvalue weighted by atomic mass is 16.5. The minimum atomic E-state index is 0.179. The molecule has 0 atom stereocenters. The molecule has 0 bridgehead atoms. The average Bonchev–Trinajstić information content (AvgIpc) is 2.66. The Hall–Kier alpha value is -3.35. The number of hydrogen-bond donors (Lipinski definition) is 1. The van der Waals surface area contributed by atoms with E-state index in [4.69, 9.17) is 19.9 Å². The molecule has 0 saturated heterocycles. The maximum Gasteiger partial charge on any atom is 0.221 e. The zero-order chi connectivity index (χ0) is 17.8. The minimum absolute atomic E-state index is 0.179. The number of hydrogen-bond acceptors (Lipinski definition) is 7. The fraction of sp³-hybridized carbons (Fsp3) is 0.167. The van der Waals surface area contributed by atoms with Crippen LogP contribution >= 0.6 is 0 Å². The zero-order valence-electron chi connectivity index (χ0n) is 14.2. The molecule has 128 valence electrons. The maximum absolute atomic E-state index is 5.91. The largest absolute Gasteiger partial charge is 0.493 e. The van der Waals surface area contributed by atoms with Gasteiger partial charge < -0.3 is 19.9 Å². The number of ether oxygens (including phenoxy) is 3. The Labute approximate surface area is 145 Å². The third-order valence-corrected chi connectivity index (χ3v) is 3.68. The average molecular weight is 338 g/mol. The van der Waals surface area contributed by atoms with Gasteiger partial charge in [-0.15, -0.1) is 0 Å². The van der Waals surface area contributed by atoms with Gasteiger partial charge in [-0.1, -0.05) is 0 Å². The highest BCUT2D eigenvalue weighted by Gasteiger charge is 2.16. The standard InChI is InChI=1S/C18H18N4O3/c1-23-15-8-12(9-16(24-2)17(15)25-3)14-10-13(21-18(19)22-14)11-4-6-20-7-5-11/h4-10H,1-3H3,(H2,19,21,22). The number of anilines is 1. The summed E-state index contributed by atoms with van der Waals surface area (Å²) in [6.45, 7) is 0. The quantitative estimate of drug-likeness (QED) is 0.764. The van der Waals surface area contributed by atoms with Gasteiger partial charge in [0.1, 0.15) is 0 Å². The number of benzene rings is 1. The van der Waals surface area contributed by atoms with Crippen LogP contribution in [0.3, 0.4) is 0 Å². The lowest BCUT2D eigenvalue weighted by atomic mass is 10.1. The first-order valence-corrected chi connectivity index (χ1v) is 7.51. The molecule has 0 amide bonds. The van der Waals surface area contributed by atoms with Crippen molar-refractivity contribution < 1.29 is 14.2 Å². The second kappa shape index (κ2) is 7.04. The fourth-order valence-corrected chi connectivity index (χ4v) is 2.51. The van der Waals surface area contributed by atoms with Gasteiger partial charge in [-0.05, 0) is 30.3 Å². The van der Waals surface area contributed by atoms with E-state index >= 15 is 0 Å². The molecule has 0 spiro atoms. The monoisotopic (exact) mass is 338 g/mol. The molecule has 0 fully saturated rings. The number of nitrogens with zero attached hydrogens (tertiary/aromatic N) is 3. The molecule has 0 saturated carbocycles. The molecule has 2 N–H and O–H groups in total. The number of aromatic nitrogens is 3. The lowest BCUT2D eigenvalue weighted by molar-refractivity contribution is 0.324. The predicted octanol–water partition coefficient (Wildman–Crippen LogP) is 2.81. The van der Waals surface area contributed by atoms with E-state index in [0.29, 0.717) is 28.6 Å². The van der Waals surface area contributed by atoms with Crippen molar-refractivity contribution in [1.29, 1.82) is 0 Å². The molecule has 0 aliphatic heterocycles. The zero-order valence-corrected chi connectivity index (χ0v) is 14.2. The highest BCUT2D eigenvalue weighted by Crippen LogP contribution is 2.41. The van der Waals surface area contributed by atoms with Crippen LogP contribution in [0, 0.1) is 0 Å². The molecule has 1 aromatic carbocycles. The summed E-state index contributed by atoms with van der Waals surface area (Å²) >= 11 is 0. The number of pyridine rings is 1. The van der Waals surface area contributed by atoms with Crippen molar-refractivity contribution in [3.8, 4) is 39.8 Å². The summed E-state index contributed by atoms with van der Waals surface area (Å²) in [5.41, 5.74) is 8.94. The summed E-state index contributed by atoms with van der Waals surface area (Å²) in [5, 5.41) is 0. The first-order valence-electron chi connectivity index (χ1n) is 7.51. The van der Waals surface area contributed by atoms with Crippen molar-refractivity contribution in [3.63, 3.8) is 0 Å². The summed E-state index contributed by atoms with van der Waals surface area (Å²) in [5.74, 6) is 1.78. The Morgan fingerprint density at radius 2 is 1.32 bits per heavy atom. The van der Waals surface area contributed by atoms with Crippen molar-refractivity contribution in [3.05, 3.63) is 42.7 Å². The molecule has 0 aliphatic rings. The summed E-state index contributed by atoms with van der Waals surface area (Å²) in [7, 11) is 4.69. The highest BCUT2D eigenvalue weighted by molar-refractivity contribution is 5.73. The second-order valence-corrected chi connectivity index (χ2v) is 5.15. The normalized spacial score (nSPS) is 10.4. The van der Waals surface area contributed by atoms with E-state index in [1.807, 2.05) is 30.3 Å². The van der Waals surface area contributed by atoms with Crippen molar-refractivity contribution in [1.82, 2.24) is 15.0 Å². The van der Waals surface area contributed by atoms with Crippen LogP contribution in [-0.2, 0) is 0 Å². The second-order valence-electron chi connectivity index (χ2n) is 5.15. The summed E-state index contributed by atoms with van der Waals surface area (Å²) in [6, 6.07) is 9.22. The Bertz CT molecular complexity index is 860. The Morgan fingerprint density at radius 3 is 1.84 bits per heavy atom. The van der Waals surface area contributed by atoms with Gasteiger partial charge in [-0.2, -0.15) is 0 Å². The van der Waals surface area contributed by atoms with Crippen LogP contribution in [0.5, 0.6) is 17.2 Å². The van der Waals surface area contributed by atoms with E-state index in [1.54, 1.807) is 33.7 Å². The van der Waals surface area contributed by atoms with Crippen LogP contribution < -0.4 is 19.9 Å². The van der Waals surface area contributed by atoms with E-state index in [9.17, 15) is 0 Å². The van der Waals surface area contributed by atoms with Gasteiger partial charge in [0.05, 0.1) is 32.7 Å². The van der Waals surface area contributed by atoms with Crippen molar-refractivity contribution in [2.75, 3.05) is 27.1 Å². The summed E-state index contributed by atoms with van der Waals surface area (Å²) in [4.78, 5) is 12.7.